The fraction of sp³-hybridized carbons (Fsp3) is 1.00. The zero-order chi connectivity index (χ0) is 11.0. The van der Waals surface area contributed by atoms with Gasteiger partial charge in [-0.1, -0.05) is 13.8 Å². The number of ether oxygens (including phenoxy) is 2. The van der Waals surface area contributed by atoms with Gasteiger partial charge in [-0.15, -0.1) is 0 Å². The maximum atomic E-state index is 11.8. The fourth-order valence-electron chi connectivity index (χ4n) is 0.928. The van der Waals surface area contributed by atoms with E-state index in [2.05, 4.69) is 5.32 Å². The number of hydrogen-bond donors (Lipinski definition) is 1. The van der Waals surface area contributed by atoms with Crippen molar-refractivity contribution in [2.24, 2.45) is 0 Å². The van der Waals surface area contributed by atoms with Gasteiger partial charge in [-0.3, -0.25) is 0 Å². The van der Waals surface area contributed by atoms with Crippen LogP contribution in [0.15, 0.2) is 0 Å². The first-order valence-corrected chi connectivity index (χ1v) is 4.68. The summed E-state index contributed by atoms with van der Waals surface area (Å²) in [5.41, 5.74) is 0. The van der Waals surface area contributed by atoms with Crippen molar-refractivity contribution in [1.29, 1.82) is 0 Å². The van der Waals surface area contributed by atoms with Gasteiger partial charge in [-0.25, -0.2) is 8.78 Å². The predicted molar refractivity (Wildman–Crippen MR) is 50.8 cm³/mol. The zero-order valence-electron chi connectivity index (χ0n) is 8.93. The second-order valence-corrected chi connectivity index (χ2v) is 3.36. The van der Waals surface area contributed by atoms with Crippen molar-refractivity contribution in [2.45, 2.75) is 32.4 Å². The van der Waals surface area contributed by atoms with Crippen LogP contribution in [-0.2, 0) is 9.47 Å². The Balaban J connectivity index is 3.65. The Labute approximate surface area is 83.8 Å². The molecule has 0 aliphatic heterocycles. The number of rotatable bonds is 8. The van der Waals surface area contributed by atoms with Crippen molar-refractivity contribution in [3.63, 3.8) is 0 Å². The second-order valence-electron chi connectivity index (χ2n) is 3.36. The molecule has 14 heavy (non-hydrogen) atoms. The summed E-state index contributed by atoms with van der Waals surface area (Å²) >= 11 is 0. The number of methoxy groups -OCH3 is 1. The quantitative estimate of drug-likeness (QED) is 0.656. The molecule has 0 aliphatic carbocycles. The van der Waals surface area contributed by atoms with E-state index < -0.39 is 13.0 Å². The van der Waals surface area contributed by atoms with Crippen LogP contribution >= 0.6 is 0 Å². The molecule has 3 nitrogen and oxygen atoms in total. The highest BCUT2D eigenvalue weighted by Gasteiger charge is 2.12. The van der Waals surface area contributed by atoms with E-state index in [0.717, 1.165) is 0 Å². The van der Waals surface area contributed by atoms with Gasteiger partial charge in [0.1, 0.15) is 6.61 Å². The van der Waals surface area contributed by atoms with Crippen LogP contribution < -0.4 is 5.32 Å². The lowest BCUT2D eigenvalue weighted by Gasteiger charge is -2.18. The van der Waals surface area contributed by atoms with Gasteiger partial charge in [0, 0.05) is 19.7 Å². The highest BCUT2D eigenvalue weighted by atomic mass is 19.3. The van der Waals surface area contributed by atoms with Crippen LogP contribution in [0, 0.1) is 0 Å². The number of alkyl halides is 2. The average molecular weight is 211 g/mol. The predicted octanol–water partition coefficient (Wildman–Crippen LogP) is 1.28. The third-order valence-corrected chi connectivity index (χ3v) is 1.56. The largest absolute Gasteiger partial charge is 0.382 e. The summed E-state index contributed by atoms with van der Waals surface area (Å²) in [7, 11) is 1.52. The van der Waals surface area contributed by atoms with Gasteiger partial charge in [-0.05, 0) is 0 Å². The van der Waals surface area contributed by atoms with Crippen LogP contribution in [0.4, 0.5) is 8.78 Å². The van der Waals surface area contributed by atoms with Crippen LogP contribution in [0.25, 0.3) is 0 Å². The molecule has 0 saturated carbocycles. The average Bonchev–Trinajstić information content (AvgIpc) is 2.09. The van der Waals surface area contributed by atoms with Crippen LogP contribution in [0.2, 0.25) is 0 Å². The molecule has 1 atom stereocenters. The fourth-order valence-corrected chi connectivity index (χ4v) is 0.928. The Bertz CT molecular complexity index is 122. The van der Waals surface area contributed by atoms with Crippen LogP contribution in [-0.4, -0.2) is 45.4 Å². The summed E-state index contributed by atoms with van der Waals surface area (Å²) in [6.45, 7) is 4.28. The number of halogens is 2. The van der Waals surface area contributed by atoms with Crippen LogP contribution in [0.5, 0.6) is 0 Å². The van der Waals surface area contributed by atoms with E-state index in [4.69, 9.17) is 9.47 Å². The first-order chi connectivity index (χ1) is 6.56. The van der Waals surface area contributed by atoms with Crippen molar-refractivity contribution < 1.29 is 18.3 Å². The molecule has 0 saturated heterocycles. The minimum atomic E-state index is -2.42. The maximum Gasteiger partial charge on any atom is 0.261 e. The molecule has 0 aromatic carbocycles. The van der Waals surface area contributed by atoms with Crippen LogP contribution in [0.1, 0.15) is 13.8 Å². The third kappa shape index (κ3) is 8.34. The lowest BCUT2D eigenvalue weighted by molar-refractivity contribution is -0.0499. The van der Waals surface area contributed by atoms with Gasteiger partial charge in [-0.2, -0.15) is 0 Å². The van der Waals surface area contributed by atoms with Gasteiger partial charge in [0.05, 0.1) is 12.7 Å². The molecule has 86 valence electrons. The summed E-state index contributed by atoms with van der Waals surface area (Å²) < 4.78 is 33.5. The minimum absolute atomic E-state index is 0.309. The van der Waals surface area contributed by atoms with E-state index in [1.54, 1.807) is 0 Å². The Kier molecular flexibility index (Phi) is 7.93. The van der Waals surface area contributed by atoms with Gasteiger partial charge in [0.15, 0.2) is 0 Å². The molecule has 0 aromatic rings. The molecule has 1 N–H and O–H groups in total. The SMILES string of the molecule is COCC(CNC(C)C)OCC(F)F. The summed E-state index contributed by atoms with van der Waals surface area (Å²) in [4.78, 5) is 0. The first kappa shape index (κ1) is 13.7. The molecule has 0 aromatic heterocycles. The zero-order valence-corrected chi connectivity index (χ0v) is 8.93. The van der Waals surface area contributed by atoms with Crippen LogP contribution in [0.3, 0.4) is 0 Å². The molecule has 0 amide bonds. The van der Waals surface area contributed by atoms with Crippen molar-refractivity contribution in [3.8, 4) is 0 Å². The normalized spacial score (nSPS) is 13.9. The van der Waals surface area contributed by atoms with Gasteiger partial charge < -0.3 is 14.8 Å². The molecule has 0 aliphatic rings. The third-order valence-electron chi connectivity index (χ3n) is 1.56. The molecule has 0 spiro atoms. The van der Waals surface area contributed by atoms with Gasteiger partial charge in [0.25, 0.3) is 6.43 Å². The highest BCUT2D eigenvalue weighted by Crippen LogP contribution is 1.98. The Morgan fingerprint density at radius 2 is 1.86 bits per heavy atom. The minimum Gasteiger partial charge on any atom is -0.382 e. The van der Waals surface area contributed by atoms with E-state index in [0.29, 0.717) is 19.2 Å². The summed E-state index contributed by atoms with van der Waals surface area (Å²) in [5, 5.41) is 3.10. The van der Waals surface area contributed by atoms with Crippen molar-refractivity contribution in [2.75, 3.05) is 26.9 Å². The van der Waals surface area contributed by atoms with E-state index in [1.165, 1.54) is 7.11 Å². The summed E-state index contributed by atoms with van der Waals surface area (Å²) in [6, 6.07) is 0.310. The molecule has 0 fully saturated rings. The standard InChI is InChI=1S/C9H19F2NO2/c1-7(2)12-4-8(5-13-3)14-6-9(10)11/h7-9,12H,4-6H2,1-3H3. The summed E-state index contributed by atoms with van der Waals surface area (Å²) in [6.07, 6.45) is -2.73. The topological polar surface area (TPSA) is 30.5 Å². The summed E-state index contributed by atoms with van der Waals surface area (Å²) in [5.74, 6) is 0. The number of hydrogen-bond acceptors (Lipinski definition) is 3. The molecular formula is C9H19F2NO2. The Morgan fingerprint density at radius 1 is 1.21 bits per heavy atom. The maximum absolute atomic E-state index is 11.8. The smallest absolute Gasteiger partial charge is 0.261 e. The van der Waals surface area contributed by atoms with Crippen molar-refractivity contribution in [3.05, 3.63) is 0 Å². The highest BCUT2D eigenvalue weighted by molar-refractivity contribution is 4.63. The van der Waals surface area contributed by atoms with Gasteiger partial charge in [0.2, 0.25) is 0 Å². The van der Waals surface area contributed by atoms with E-state index in [1.807, 2.05) is 13.8 Å². The molecule has 0 heterocycles. The Hall–Kier alpha value is -0.260. The molecule has 5 heteroatoms. The first-order valence-electron chi connectivity index (χ1n) is 4.68. The van der Waals surface area contributed by atoms with E-state index >= 15 is 0 Å². The lowest BCUT2D eigenvalue weighted by atomic mass is 10.3. The monoisotopic (exact) mass is 211 g/mol. The van der Waals surface area contributed by atoms with Gasteiger partial charge >= 0.3 is 0 Å². The van der Waals surface area contributed by atoms with E-state index in [9.17, 15) is 8.78 Å². The lowest BCUT2D eigenvalue weighted by Crippen LogP contribution is -2.37. The molecule has 1 unspecified atom stereocenters. The van der Waals surface area contributed by atoms with Crippen molar-refractivity contribution >= 4 is 0 Å². The van der Waals surface area contributed by atoms with E-state index in [-0.39, 0.29) is 6.10 Å². The molecule has 0 rings (SSSR count). The van der Waals surface area contributed by atoms with Crippen molar-refractivity contribution in [1.82, 2.24) is 5.32 Å². The second kappa shape index (κ2) is 8.08. The molecule has 0 bridgehead atoms. The Morgan fingerprint density at radius 3 is 2.29 bits per heavy atom. The molecule has 0 radical (unpaired) electrons. The number of nitrogens with one attached hydrogen (secondary N) is 1. The molecular weight excluding hydrogens is 192 g/mol.